The van der Waals surface area contributed by atoms with E-state index in [9.17, 15) is 4.79 Å². The first-order valence-corrected chi connectivity index (χ1v) is 5.86. The van der Waals surface area contributed by atoms with Gasteiger partial charge in [-0.3, -0.25) is 0 Å². The summed E-state index contributed by atoms with van der Waals surface area (Å²) in [7, 11) is 0. The van der Waals surface area contributed by atoms with Crippen LogP contribution in [0, 0.1) is 5.92 Å². The van der Waals surface area contributed by atoms with Gasteiger partial charge in [0.15, 0.2) is 0 Å². The van der Waals surface area contributed by atoms with E-state index in [0.717, 1.165) is 19.0 Å². The molecule has 0 aromatic rings. The number of amides is 2. The number of carbonyl (C=O) groups is 1. The molecule has 1 heterocycles. The summed E-state index contributed by atoms with van der Waals surface area (Å²) in [6.07, 6.45) is 6.06. The molecule has 2 unspecified atom stereocenters. The third-order valence-electron chi connectivity index (χ3n) is 3.28. The lowest BCUT2D eigenvalue weighted by Crippen LogP contribution is -2.39. The normalized spacial score (nSPS) is 30.5. The van der Waals surface area contributed by atoms with E-state index >= 15 is 0 Å². The van der Waals surface area contributed by atoms with Crippen LogP contribution in [0.3, 0.4) is 0 Å². The zero-order valence-corrected chi connectivity index (χ0v) is 8.96. The third kappa shape index (κ3) is 2.20. The smallest absolute Gasteiger partial charge is 0.317 e. The van der Waals surface area contributed by atoms with Crippen LogP contribution in [0.15, 0.2) is 0 Å². The highest BCUT2D eigenvalue weighted by Crippen LogP contribution is 2.34. The zero-order chi connectivity index (χ0) is 9.97. The Morgan fingerprint density at radius 1 is 1.43 bits per heavy atom. The van der Waals surface area contributed by atoms with Crippen LogP contribution in [0.25, 0.3) is 0 Å². The predicted molar refractivity (Wildman–Crippen MR) is 56.1 cm³/mol. The Morgan fingerprint density at radius 3 is 2.79 bits per heavy atom. The Labute approximate surface area is 85.8 Å². The Morgan fingerprint density at radius 2 is 2.14 bits per heavy atom. The molecule has 0 aromatic heterocycles. The molecule has 0 radical (unpaired) electrons. The molecule has 1 aliphatic heterocycles. The van der Waals surface area contributed by atoms with Gasteiger partial charge in [-0.1, -0.05) is 13.3 Å². The van der Waals surface area contributed by atoms with Gasteiger partial charge in [-0.25, -0.2) is 4.79 Å². The fraction of sp³-hybridized carbons (Fsp3) is 0.909. The Bertz CT molecular complexity index is 211. The predicted octanol–water partition coefficient (Wildman–Crippen LogP) is 1.98. The highest BCUT2D eigenvalue weighted by Gasteiger charge is 2.38. The summed E-state index contributed by atoms with van der Waals surface area (Å²) in [5, 5.41) is 3.12. The van der Waals surface area contributed by atoms with Crippen LogP contribution < -0.4 is 5.32 Å². The van der Waals surface area contributed by atoms with E-state index < -0.39 is 0 Å². The van der Waals surface area contributed by atoms with E-state index in [2.05, 4.69) is 12.2 Å². The number of nitrogens with one attached hydrogen (secondary N) is 1. The van der Waals surface area contributed by atoms with Crippen LogP contribution in [-0.4, -0.2) is 30.1 Å². The lowest BCUT2D eigenvalue weighted by molar-refractivity contribution is 0.207. The van der Waals surface area contributed by atoms with Gasteiger partial charge in [-0.2, -0.15) is 0 Å². The van der Waals surface area contributed by atoms with Crippen LogP contribution in [0.5, 0.6) is 0 Å². The first kappa shape index (κ1) is 9.81. The van der Waals surface area contributed by atoms with E-state index in [1.807, 2.05) is 4.90 Å². The van der Waals surface area contributed by atoms with Crippen LogP contribution in [-0.2, 0) is 0 Å². The maximum absolute atomic E-state index is 11.7. The number of hydrogen-bond donors (Lipinski definition) is 1. The quantitative estimate of drug-likeness (QED) is 0.735. The van der Waals surface area contributed by atoms with Gasteiger partial charge in [0.2, 0.25) is 0 Å². The van der Waals surface area contributed by atoms with Gasteiger partial charge < -0.3 is 10.2 Å². The van der Waals surface area contributed by atoms with E-state index in [1.165, 1.54) is 32.1 Å². The highest BCUT2D eigenvalue weighted by molar-refractivity contribution is 5.75. The second-order valence-corrected chi connectivity index (χ2v) is 4.53. The summed E-state index contributed by atoms with van der Waals surface area (Å²) < 4.78 is 0. The van der Waals surface area contributed by atoms with Gasteiger partial charge in [-0.15, -0.1) is 0 Å². The summed E-state index contributed by atoms with van der Waals surface area (Å²) in [5.74, 6) is 0.770. The van der Waals surface area contributed by atoms with Crippen molar-refractivity contribution in [1.29, 1.82) is 0 Å². The maximum Gasteiger partial charge on any atom is 0.317 e. The van der Waals surface area contributed by atoms with E-state index in [-0.39, 0.29) is 6.03 Å². The molecular weight excluding hydrogens is 176 g/mol. The minimum atomic E-state index is 0.172. The average molecular weight is 196 g/mol. The molecule has 2 atom stereocenters. The molecule has 0 aromatic carbocycles. The van der Waals surface area contributed by atoms with Gasteiger partial charge in [0, 0.05) is 19.1 Å². The Balaban J connectivity index is 1.68. The van der Waals surface area contributed by atoms with Gasteiger partial charge in [-0.05, 0) is 31.6 Å². The van der Waals surface area contributed by atoms with E-state index in [0.29, 0.717) is 6.04 Å². The lowest BCUT2D eigenvalue weighted by Gasteiger charge is -2.16. The fourth-order valence-electron chi connectivity index (χ4n) is 2.28. The fourth-order valence-corrected chi connectivity index (χ4v) is 2.28. The first-order chi connectivity index (χ1) is 6.81. The topological polar surface area (TPSA) is 32.3 Å². The maximum atomic E-state index is 11.7. The SMILES string of the molecule is CCCC1CC1NC(=O)N1CCCC1. The highest BCUT2D eigenvalue weighted by atomic mass is 16.2. The monoisotopic (exact) mass is 196 g/mol. The van der Waals surface area contributed by atoms with Crippen molar-refractivity contribution in [2.75, 3.05) is 13.1 Å². The van der Waals surface area contributed by atoms with E-state index in [1.54, 1.807) is 0 Å². The molecule has 0 spiro atoms. The van der Waals surface area contributed by atoms with Crippen LogP contribution in [0.2, 0.25) is 0 Å². The van der Waals surface area contributed by atoms with Gasteiger partial charge in [0.05, 0.1) is 0 Å². The van der Waals surface area contributed by atoms with Crippen molar-refractivity contribution in [2.24, 2.45) is 5.92 Å². The van der Waals surface area contributed by atoms with Crippen molar-refractivity contribution >= 4 is 6.03 Å². The van der Waals surface area contributed by atoms with Crippen molar-refractivity contribution < 1.29 is 4.79 Å². The Hall–Kier alpha value is -0.730. The number of carbonyl (C=O) groups excluding carboxylic acids is 1. The lowest BCUT2D eigenvalue weighted by atomic mass is 10.2. The van der Waals surface area contributed by atoms with Gasteiger partial charge in [0.25, 0.3) is 0 Å². The molecular formula is C11H20N2O. The number of rotatable bonds is 3. The molecule has 2 rings (SSSR count). The molecule has 80 valence electrons. The number of hydrogen-bond acceptors (Lipinski definition) is 1. The summed E-state index contributed by atoms with van der Waals surface area (Å²) in [4.78, 5) is 13.6. The first-order valence-electron chi connectivity index (χ1n) is 5.86. The molecule has 1 saturated carbocycles. The minimum absolute atomic E-state index is 0.172. The van der Waals surface area contributed by atoms with Crippen LogP contribution >= 0.6 is 0 Å². The van der Waals surface area contributed by atoms with Crippen molar-refractivity contribution in [1.82, 2.24) is 10.2 Å². The second-order valence-electron chi connectivity index (χ2n) is 4.53. The molecule has 1 aliphatic carbocycles. The number of urea groups is 1. The minimum Gasteiger partial charge on any atom is -0.335 e. The number of nitrogens with zero attached hydrogens (tertiary/aromatic N) is 1. The molecule has 1 N–H and O–H groups in total. The standard InChI is InChI=1S/C11H20N2O/c1-2-5-9-8-10(9)12-11(14)13-6-3-4-7-13/h9-10H,2-8H2,1H3,(H,12,14). The van der Waals surface area contributed by atoms with E-state index in [4.69, 9.17) is 0 Å². The molecule has 3 nitrogen and oxygen atoms in total. The Kier molecular flexibility index (Phi) is 2.94. The number of likely N-dealkylation sites (tertiary alicyclic amines) is 1. The van der Waals surface area contributed by atoms with Crippen molar-refractivity contribution in [3.63, 3.8) is 0 Å². The summed E-state index contributed by atoms with van der Waals surface area (Å²) in [5.41, 5.74) is 0. The zero-order valence-electron chi connectivity index (χ0n) is 8.96. The second kappa shape index (κ2) is 4.20. The summed E-state index contributed by atoms with van der Waals surface area (Å²) in [6, 6.07) is 0.661. The van der Waals surface area contributed by atoms with Gasteiger partial charge >= 0.3 is 6.03 Å². The largest absolute Gasteiger partial charge is 0.335 e. The van der Waals surface area contributed by atoms with Crippen LogP contribution in [0.4, 0.5) is 4.79 Å². The molecule has 14 heavy (non-hydrogen) atoms. The summed E-state index contributed by atoms with van der Waals surface area (Å²) >= 11 is 0. The molecule has 3 heteroatoms. The third-order valence-corrected chi connectivity index (χ3v) is 3.28. The van der Waals surface area contributed by atoms with Crippen molar-refractivity contribution in [3.05, 3.63) is 0 Å². The van der Waals surface area contributed by atoms with Crippen molar-refractivity contribution in [2.45, 2.75) is 45.1 Å². The molecule has 2 fully saturated rings. The molecule has 2 aliphatic rings. The average Bonchev–Trinajstić information content (AvgIpc) is 2.71. The molecule has 0 bridgehead atoms. The molecule has 1 saturated heterocycles. The summed E-state index contributed by atoms with van der Waals surface area (Å²) in [6.45, 7) is 4.12. The van der Waals surface area contributed by atoms with Gasteiger partial charge in [0.1, 0.15) is 0 Å². The van der Waals surface area contributed by atoms with Crippen molar-refractivity contribution in [3.8, 4) is 0 Å². The van der Waals surface area contributed by atoms with Crippen LogP contribution in [0.1, 0.15) is 39.0 Å². The molecule has 2 amide bonds.